The molecule has 0 amide bonds. The fraction of sp³-hybridized carbons (Fsp3) is 0.474. The molecule has 0 atom stereocenters. The van der Waals surface area contributed by atoms with Gasteiger partial charge in [-0.2, -0.15) is 0 Å². The first kappa shape index (κ1) is 24.8. The van der Waals surface area contributed by atoms with E-state index in [-0.39, 0.29) is 35.5 Å². The van der Waals surface area contributed by atoms with E-state index >= 15 is 0 Å². The first-order valence-electron chi connectivity index (χ1n) is 9.16. The predicted molar refractivity (Wildman–Crippen MR) is 129 cm³/mol. The number of benzene rings is 1. The first-order valence-corrected chi connectivity index (χ1v) is 11.8. The minimum Gasteiger partial charge on any atom is -0.357 e. The van der Waals surface area contributed by atoms with Crippen molar-refractivity contribution in [3.05, 3.63) is 52.0 Å². The molecule has 0 saturated heterocycles. The van der Waals surface area contributed by atoms with Gasteiger partial charge in [0.2, 0.25) is 0 Å². The molecule has 0 aliphatic rings. The van der Waals surface area contributed by atoms with Crippen LogP contribution in [0.15, 0.2) is 41.5 Å². The van der Waals surface area contributed by atoms with Crippen LogP contribution in [0.25, 0.3) is 0 Å². The Balaban J connectivity index is 0.00000392. The summed E-state index contributed by atoms with van der Waals surface area (Å²) in [6.07, 6.45) is 3.24. The highest BCUT2D eigenvalue weighted by molar-refractivity contribution is 14.0. The fourth-order valence-electron chi connectivity index (χ4n) is 2.52. The number of halogens is 1. The van der Waals surface area contributed by atoms with E-state index in [4.69, 9.17) is 0 Å². The zero-order valence-corrected chi connectivity index (χ0v) is 20.3. The molecule has 156 valence electrons. The monoisotopic (exact) mass is 536 g/mol. The Hall–Kier alpha value is -1.20. The third kappa shape index (κ3) is 9.83. The van der Waals surface area contributed by atoms with Gasteiger partial charge in [-0.25, -0.2) is 13.4 Å². The Labute approximate surface area is 189 Å². The van der Waals surface area contributed by atoms with Crippen LogP contribution in [-0.4, -0.2) is 44.7 Å². The standard InChI is InChI=1S/C19H28N4O2S2.HI/c1-3-20-19(22-12-10-18-23-14-16(2)26-18)21-11-7-13-27(24,25)15-17-8-5-4-6-9-17;/h4-6,8-9,14H,3,7,10-13,15H2,1-2H3,(H2,20,21,22);1H. The molecule has 6 nitrogen and oxygen atoms in total. The van der Waals surface area contributed by atoms with Crippen molar-refractivity contribution in [3.63, 3.8) is 0 Å². The molecule has 0 spiro atoms. The van der Waals surface area contributed by atoms with Gasteiger partial charge in [0.05, 0.1) is 16.5 Å². The molecule has 0 aliphatic heterocycles. The number of thiazole rings is 1. The van der Waals surface area contributed by atoms with Crippen molar-refractivity contribution in [3.8, 4) is 0 Å². The van der Waals surface area contributed by atoms with Crippen LogP contribution >= 0.6 is 35.3 Å². The van der Waals surface area contributed by atoms with Gasteiger partial charge in [-0.15, -0.1) is 35.3 Å². The maximum atomic E-state index is 12.2. The number of nitrogens with zero attached hydrogens (tertiary/aromatic N) is 2. The molecule has 0 radical (unpaired) electrons. The molecular weight excluding hydrogens is 507 g/mol. The minimum absolute atomic E-state index is 0. The smallest absolute Gasteiger partial charge is 0.191 e. The van der Waals surface area contributed by atoms with Crippen molar-refractivity contribution in [2.75, 3.05) is 25.4 Å². The fourth-order valence-corrected chi connectivity index (χ4v) is 4.72. The maximum Gasteiger partial charge on any atom is 0.191 e. The normalized spacial score (nSPS) is 11.7. The third-order valence-electron chi connectivity index (χ3n) is 3.76. The number of nitrogens with one attached hydrogen (secondary N) is 2. The molecule has 1 aromatic carbocycles. The van der Waals surface area contributed by atoms with Gasteiger partial charge in [0.15, 0.2) is 15.8 Å². The second-order valence-corrected chi connectivity index (χ2v) is 9.74. The lowest BCUT2D eigenvalue weighted by Crippen LogP contribution is -2.38. The Morgan fingerprint density at radius 1 is 1.21 bits per heavy atom. The largest absolute Gasteiger partial charge is 0.357 e. The summed E-state index contributed by atoms with van der Waals surface area (Å²) in [6, 6.07) is 9.28. The summed E-state index contributed by atoms with van der Waals surface area (Å²) in [5.41, 5.74) is 0.827. The van der Waals surface area contributed by atoms with Crippen LogP contribution in [0.1, 0.15) is 28.8 Å². The number of aromatic nitrogens is 1. The molecule has 0 fully saturated rings. The van der Waals surface area contributed by atoms with Gasteiger partial charge in [-0.3, -0.25) is 4.99 Å². The quantitative estimate of drug-likeness (QED) is 0.211. The lowest BCUT2D eigenvalue weighted by atomic mass is 10.2. The minimum atomic E-state index is -3.11. The topological polar surface area (TPSA) is 83.5 Å². The van der Waals surface area contributed by atoms with Crippen LogP contribution in [0.3, 0.4) is 0 Å². The van der Waals surface area contributed by atoms with Crippen LogP contribution in [-0.2, 0) is 22.0 Å². The summed E-state index contributed by atoms with van der Waals surface area (Å²) < 4.78 is 24.4. The van der Waals surface area contributed by atoms with Gasteiger partial charge in [-0.1, -0.05) is 30.3 Å². The summed E-state index contributed by atoms with van der Waals surface area (Å²) in [4.78, 5) is 10.0. The zero-order chi connectivity index (χ0) is 19.5. The molecule has 2 aromatic rings. The number of aryl methyl sites for hydroxylation is 1. The second-order valence-electron chi connectivity index (χ2n) is 6.23. The van der Waals surface area contributed by atoms with Crippen molar-refractivity contribution in [2.24, 2.45) is 4.99 Å². The number of guanidine groups is 1. The molecule has 0 unspecified atom stereocenters. The van der Waals surface area contributed by atoms with E-state index in [9.17, 15) is 8.42 Å². The predicted octanol–water partition coefficient (Wildman–Crippen LogP) is 3.17. The van der Waals surface area contributed by atoms with Gasteiger partial charge < -0.3 is 10.6 Å². The van der Waals surface area contributed by atoms with E-state index in [1.165, 1.54) is 4.88 Å². The summed E-state index contributed by atoms with van der Waals surface area (Å²) in [5, 5.41) is 7.56. The van der Waals surface area contributed by atoms with Crippen molar-refractivity contribution in [1.29, 1.82) is 0 Å². The van der Waals surface area contributed by atoms with Gasteiger partial charge >= 0.3 is 0 Å². The summed E-state index contributed by atoms with van der Waals surface area (Å²) in [7, 11) is -3.11. The summed E-state index contributed by atoms with van der Waals surface area (Å²) in [5.74, 6) is 0.943. The van der Waals surface area contributed by atoms with Crippen LogP contribution in [0.4, 0.5) is 0 Å². The zero-order valence-electron chi connectivity index (χ0n) is 16.3. The van der Waals surface area contributed by atoms with Crippen molar-refractivity contribution < 1.29 is 8.42 Å². The highest BCUT2D eigenvalue weighted by atomic mass is 127. The Morgan fingerprint density at radius 3 is 2.61 bits per heavy atom. The molecule has 2 rings (SSSR count). The Kier molecular flexibility index (Phi) is 11.6. The number of hydrogen-bond acceptors (Lipinski definition) is 5. The molecule has 1 aromatic heterocycles. The molecule has 0 aliphatic carbocycles. The number of aliphatic imine (C=N–C) groups is 1. The van der Waals surface area contributed by atoms with Gasteiger partial charge in [0, 0.05) is 37.1 Å². The van der Waals surface area contributed by atoms with Crippen LogP contribution in [0.5, 0.6) is 0 Å². The molecule has 9 heteroatoms. The van der Waals surface area contributed by atoms with E-state index in [1.807, 2.05) is 50.4 Å². The van der Waals surface area contributed by atoms with Crippen molar-refractivity contribution in [2.45, 2.75) is 32.4 Å². The van der Waals surface area contributed by atoms with Crippen LogP contribution in [0.2, 0.25) is 0 Å². The second kappa shape index (κ2) is 13.1. The number of hydrogen-bond donors (Lipinski definition) is 2. The number of sulfone groups is 1. The molecular formula is C19H29IN4O2S2. The highest BCUT2D eigenvalue weighted by Gasteiger charge is 2.11. The summed E-state index contributed by atoms with van der Waals surface area (Å²) in [6.45, 7) is 6.02. The Bertz CT molecular complexity index is 823. The lowest BCUT2D eigenvalue weighted by Gasteiger charge is -2.10. The molecule has 0 bridgehead atoms. The van der Waals surface area contributed by atoms with Gasteiger partial charge in [-0.05, 0) is 25.8 Å². The molecule has 0 saturated carbocycles. The molecule has 28 heavy (non-hydrogen) atoms. The molecule has 1 heterocycles. The lowest BCUT2D eigenvalue weighted by molar-refractivity contribution is 0.592. The van der Waals surface area contributed by atoms with E-state index in [0.717, 1.165) is 30.1 Å². The SMILES string of the molecule is CCNC(=NCCCS(=O)(=O)Cc1ccccc1)NCCc1ncc(C)s1.I. The van der Waals surface area contributed by atoms with E-state index < -0.39 is 9.84 Å². The van der Waals surface area contributed by atoms with Crippen molar-refractivity contribution >= 4 is 51.1 Å². The third-order valence-corrected chi connectivity index (χ3v) is 6.41. The van der Waals surface area contributed by atoms with E-state index in [1.54, 1.807) is 11.3 Å². The maximum absolute atomic E-state index is 12.2. The summed E-state index contributed by atoms with van der Waals surface area (Å²) >= 11 is 1.70. The number of rotatable bonds is 10. The Morgan fingerprint density at radius 2 is 1.96 bits per heavy atom. The van der Waals surface area contributed by atoms with E-state index in [0.29, 0.717) is 18.9 Å². The average molecular weight is 537 g/mol. The van der Waals surface area contributed by atoms with Crippen molar-refractivity contribution in [1.82, 2.24) is 15.6 Å². The van der Waals surface area contributed by atoms with Crippen LogP contribution in [0, 0.1) is 6.92 Å². The average Bonchev–Trinajstić information content (AvgIpc) is 3.04. The van der Waals surface area contributed by atoms with Crippen LogP contribution < -0.4 is 10.6 Å². The van der Waals surface area contributed by atoms with E-state index in [2.05, 4.69) is 20.6 Å². The first-order chi connectivity index (χ1) is 13.0. The van der Waals surface area contributed by atoms with Gasteiger partial charge in [0.25, 0.3) is 0 Å². The van der Waals surface area contributed by atoms with Gasteiger partial charge in [0.1, 0.15) is 0 Å². The highest BCUT2D eigenvalue weighted by Crippen LogP contribution is 2.11. The molecule has 2 N–H and O–H groups in total.